The maximum Gasteiger partial charge on any atom is 0.282 e. The van der Waals surface area contributed by atoms with E-state index in [1.54, 1.807) is 19.1 Å². The van der Waals surface area contributed by atoms with E-state index in [0.717, 1.165) is 17.3 Å². The summed E-state index contributed by atoms with van der Waals surface area (Å²) in [5.74, 6) is -0.881. The summed E-state index contributed by atoms with van der Waals surface area (Å²) in [7, 11) is 0. The van der Waals surface area contributed by atoms with E-state index < -0.39 is 10.7 Å². The van der Waals surface area contributed by atoms with Gasteiger partial charge in [0.05, 0.1) is 10.7 Å². The highest BCUT2D eigenvalue weighted by Crippen LogP contribution is 2.30. The first-order valence-corrected chi connectivity index (χ1v) is 8.68. The fourth-order valence-corrected chi connectivity index (χ4v) is 2.80. The summed E-state index contributed by atoms with van der Waals surface area (Å²) in [6, 6.07) is 10.1. The van der Waals surface area contributed by atoms with Crippen molar-refractivity contribution in [1.29, 1.82) is 0 Å². The summed E-state index contributed by atoms with van der Waals surface area (Å²) in [5, 5.41) is 21.4. The predicted octanol–water partition coefficient (Wildman–Crippen LogP) is 3.82. The fourth-order valence-electron chi connectivity index (χ4n) is 2.23. The lowest BCUT2D eigenvalue weighted by molar-refractivity contribution is -0.384. The van der Waals surface area contributed by atoms with Gasteiger partial charge in [-0.15, -0.1) is 10.2 Å². The third-order valence-corrected chi connectivity index (χ3v) is 4.36. The smallest absolute Gasteiger partial charge is 0.282 e. The van der Waals surface area contributed by atoms with Gasteiger partial charge < -0.3 is 9.73 Å². The zero-order valence-corrected chi connectivity index (χ0v) is 14.8. The molecule has 1 N–H and O–H groups in total. The Balaban J connectivity index is 1.66. The number of aryl methyl sites for hydroxylation is 1. The molecular weight excluding hydrogens is 375 g/mol. The highest BCUT2D eigenvalue weighted by Gasteiger charge is 2.20. The molecular formula is C17H13FN4O4S. The first-order valence-electron chi connectivity index (χ1n) is 7.70. The molecule has 3 aromatic rings. The first-order chi connectivity index (χ1) is 12.9. The SMILES string of the molecule is Cc1ccc(F)cc1NC(=O)CSc1nnc(-c2ccccc2[N+](=O)[O-])o1. The summed E-state index contributed by atoms with van der Waals surface area (Å²) < 4.78 is 18.7. The summed E-state index contributed by atoms with van der Waals surface area (Å²) in [4.78, 5) is 22.6. The Labute approximate surface area is 156 Å². The van der Waals surface area contributed by atoms with Gasteiger partial charge in [0, 0.05) is 11.8 Å². The molecule has 3 rings (SSSR count). The Morgan fingerprint density at radius 3 is 2.85 bits per heavy atom. The van der Waals surface area contributed by atoms with E-state index in [9.17, 15) is 19.3 Å². The fraction of sp³-hybridized carbons (Fsp3) is 0.118. The molecule has 0 atom stereocenters. The summed E-state index contributed by atoms with van der Waals surface area (Å²) in [6.45, 7) is 1.75. The number of para-hydroxylation sites is 1. The maximum absolute atomic E-state index is 13.3. The van der Waals surface area contributed by atoms with Crippen molar-refractivity contribution in [1.82, 2.24) is 10.2 Å². The van der Waals surface area contributed by atoms with Gasteiger partial charge in [-0.2, -0.15) is 0 Å². The van der Waals surface area contributed by atoms with Crippen molar-refractivity contribution in [2.24, 2.45) is 0 Å². The molecule has 8 nitrogen and oxygen atoms in total. The van der Waals surface area contributed by atoms with Crippen molar-refractivity contribution in [3.63, 3.8) is 0 Å². The van der Waals surface area contributed by atoms with Gasteiger partial charge in [0.15, 0.2) is 0 Å². The Morgan fingerprint density at radius 2 is 2.07 bits per heavy atom. The minimum absolute atomic E-state index is 0.00816. The molecule has 1 aromatic heterocycles. The van der Waals surface area contributed by atoms with Crippen molar-refractivity contribution >= 4 is 29.0 Å². The lowest BCUT2D eigenvalue weighted by atomic mass is 10.2. The Hall–Kier alpha value is -3.27. The molecule has 2 aromatic carbocycles. The highest BCUT2D eigenvalue weighted by atomic mass is 32.2. The number of hydrogen-bond donors (Lipinski definition) is 1. The summed E-state index contributed by atoms with van der Waals surface area (Å²) in [6.07, 6.45) is 0. The largest absolute Gasteiger partial charge is 0.411 e. The van der Waals surface area contributed by atoms with Crippen LogP contribution in [0.15, 0.2) is 52.1 Å². The van der Waals surface area contributed by atoms with Crippen molar-refractivity contribution in [3.8, 4) is 11.5 Å². The van der Waals surface area contributed by atoms with Crippen LogP contribution in [0.25, 0.3) is 11.5 Å². The second-order valence-electron chi connectivity index (χ2n) is 5.44. The lowest BCUT2D eigenvalue weighted by Crippen LogP contribution is -2.15. The molecule has 0 saturated carbocycles. The Bertz CT molecular complexity index is 1010. The molecule has 0 aliphatic carbocycles. The number of anilines is 1. The van der Waals surface area contributed by atoms with Crippen LogP contribution >= 0.6 is 11.8 Å². The number of thioether (sulfide) groups is 1. The minimum atomic E-state index is -0.541. The van der Waals surface area contributed by atoms with Crippen molar-refractivity contribution in [3.05, 3.63) is 64.0 Å². The lowest BCUT2D eigenvalue weighted by Gasteiger charge is -2.07. The number of hydrogen-bond acceptors (Lipinski definition) is 7. The van der Waals surface area contributed by atoms with E-state index >= 15 is 0 Å². The zero-order chi connectivity index (χ0) is 19.4. The van der Waals surface area contributed by atoms with Gasteiger partial charge in [-0.1, -0.05) is 30.0 Å². The summed E-state index contributed by atoms with van der Waals surface area (Å²) in [5.41, 5.74) is 1.15. The second kappa shape index (κ2) is 7.96. The van der Waals surface area contributed by atoms with Crippen LogP contribution in [0.1, 0.15) is 5.56 Å². The molecule has 0 saturated heterocycles. The zero-order valence-electron chi connectivity index (χ0n) is 14.0. The van der Waals surface area contributed by atoms with Gasteiger partial charge in [0.1, 0.15) is 11.4 Å². The van der Waals surface area contributed by atoms with Crippen LogP contribution in [-0.4, -0.2) is 26.8 Å². The van der Waals surface area contributed by atoms with E-state index in [-0.39, 0.29) is 34.0 Å². The van der Waals surface area contributed by atoms with Crippen LogP contribution in [-0.2, 0) is 4.79 Å². The number of rotatable bonds is 6. The normalized spacial score (nSPS) is 10.6. The molecule has 0 fully saturated rings. The first kappa shape index (κ1) is 18.5. The molecule has 0 aliphatic rings. The van der Waals surface area contributed by atoms with E-state index in [2.05, 4.69) is 15.5 Å². The van der Waals surface area contributed by atoms with E-state index in [0.29, 0.717) is 5.69 Å². The Morgan fingerprint density at radius 1 is 1.30 bits per heavy atom. The van der Waals surface area contributed by atoms with Gasteiger partial charge in [0.25, 0.3) is 16.8 Å². The quantitative estimate of drug-likeness (QED) is 0.388. The van der Waals surface area contributed by atoms with Crippen molar-refractivity contribution in [2.45, 2.75) is 12.1 Å². The number of halogens is 1. The maximum atomic E-state index is 13.3. The van der Waals surface area contributed by atoms with Crippen LogP contribution in [0.3, 0.4) is 0 Å². The van der Waals surface area contributed by atoms with Crippen LogP contribution < -0.4 is 5.32 Å². The van der Waals surface area contributed by atoms with Crippen LogP contribution in [0.5, 0.6) is 0 Å². The van der Waals surface area contributed by atoms with Gasteiger partial charge in [-0.05, 0) is 30.7 Å². The number of carbonyl (C=O) groups is 1. The molecule has 1 amide bonds. The number of aromatic nitrogens is 2. The van der Waals surface area contributed by atoms with E-state index in [1.165, 1.54) is 30.3 Å². The van der Waals surface area contributed by atoms with E-state index in [4.69, 9.17) is 4.42 Å². The predicted molar refractivity (Wildman–Crippen MR) is 96.9 cm³/mol. The summed E-state index contributed by atoms with van der Waals surface area (Å²) >= 11 is 0.972. The van der Waals surface area contributed by atoms with Gasteiger partial charge in [-0.25, -0.2) is 4.39 Å². The number of carbonyl (C=O) groups excluding carboxylic acids is 1. The van der Waals surface area contributed by atoms with Crippen molar-refractivity contribution < 1.29 is 18.5 Å². The van der Waals surface area contributed by atoms with Gasteiger partial charge in [0.2, 0.25) is 5.91 Å². The van der Waals surface area contributed by atoms with Gasteiger partial charge >= 0.3 is 0 Å². The van der Waals surface area contributed by atoms with E-state index in [1.807, 2.05) is 0 Å². The molecule has 1 heterocycles. The number of nitro benzene ring substituents is 1. The standard InChI is InChI=1S/C17H13FN4O4S/c1-10-6-7-11(18)8-13(10)19-15(23)9-27-17-21-20-16(26-17)12-4-2-3-5-14(12)22(24)25/h2-8H,9H2,1H3,(H,19,23). The molecule has 27 heavy (non-hydrogen) atoms. The molecule has 10 heteroatoms. The van der Waals surface area contributed by atoms with Crippen molar-refractivity contribution in [2.75, 3.05) is 11.1 Å². The topological polar surface area (TPSA) is 111 Å². The monoisotopic (exact) mass is 388 g/mol. The number of benzene rings is 2. The molecule has 0 radical (unpaired) electrons. The van der Waals surface area contributed by atoms with Crippen LogP contribution in [0.2, 0.25) is 0 Å². The average Bonchev–Trinajstić information content (AvgIpc) is 3.12. The molecule has 0 spiro atoms. The number of nitrogens with one attached hydrogen (secondary N) is 1. The number of nitro groups is 1. The third kappa shape index (κ3) is 4.47. The molecule has 0 bridgehead atoms. The second-order valence-corrected chi connectivity index (χ2v) is 6.37. The minimum Gasteiger partial charge on any atom is -0.411 e. The van der Waals surface area contributed by atoms with Crippen LogP contribution in [0, 0.1) is 22.9 Å². The Kier molecular flexibility index (Phi) is 5.46. The number of nitrogens with zero attached hydrogens (tertiary/aromatic N) is 3. The van der Waals surface area contributed by atoms with Gasteiger partial charge in [-0.3, -0.25) is 14.9 Å². The molecule has 0 unspecified atom stereocenters. The average molecular weight is 388 g/mol. The number of amides is 1. The molecule has 0 aliphatic heterocycles. The van der Waals surface area contributed by atoms with Crippen LogP contribution in [0.4, 0.5) is 15.8 Å². The third-order valence-electron chi connectivity index (χ3n) is 3.54. The molecule has 138 valence electrons. The highest BCUT2D eigenvalue weighted by molar-refractivity contribution is 7.99.